The molecule has 0 radical (unpaired) electrons. The molecule has 0 bridgehead atoms. The third-order valence-corrected chi connectivity index (χ3v) is 5.57. The average Bonchev–Trinajstić information content (AvgIpc) is 3.32. The van der Waals surface area contributed by atoms with E-state index in [2.05, 4.69) is 16.0 Å². The fourth-order valence-corrected chi connectivity index (χ4v) is 3.76. The summed E-state index contributed by atoms with van der Waals surface area (Å²) in [5, 5.41) is 4.76. The molecule has 0 aliphatic carbocycles. The Bertz CT molecular complexity index is 1010. The summed E-state index contributed by atoms with van der Waals surface area (Å²) < 4.78 is 12.7. The number of aryl methyl sites for hydroxylation is 1. The maximum Gasteiger partial charge on any atom is 0.340 e. The number of carbonyl (C=O) groups is 2. The molecule has 6 nitrogen and oxygen atoms in total. The summed E-state index contributed by atoms with van der Waals surface area (Å²) in [6.45, 7) is 6.09. The number of nitrogens with one attached hydrogen (secondary N) is 1. The number of benzene rings is 1. The number of methoxy groups -OCH3 is 1. The van der Waals surface area contributed by atoms with Crippen molar-refractivity contribution in [2.45, 2.75) is 33.4 Å². The standard InChI is InChI=1S/C22H24N2O4S/c1-14-12-18(15(2)24(14)13-17-8-7-11-29-17)22(26)28-16(3)21(25)23-19-9-5-6-10-20(19)27-4/h5-12,16H,13H2,1-4H3,(H,23,25)/t16-/m1/s1. The molecule has 2 heterocycles. The number of rotatable bonds is 7. The first kappa shape index (κ1) is 20.7. The molecular weight excluding hydrogens is 388 g/mol. The van der Waals surface area contributed by atoms with Crippen molar-refractivity contribution in [3.8, 4) is 5.75 Å². The van der Waals surface area contributed by atoms with Crippen molar-refractivity contribution >= 4 is 28.9 Å². The Labute approximate surface area is 174 Å². The number of hydrogen-bond acceptors (Lipinski definition) is 5. The summed E-state index contributed by atoms with van der Waals surface area (Å²) in [7, 11) is 1.53. The summed E-state index contributed by atoms with van der Waals surface area (Å²) in [6, 6.07) is 12.9. The van der Waals surface area contributed by atoms with Crippen LogP contribution >= 0.6 is 11.3 Å². The van der Waals surface area contributed by atoms with Crippen LogP contribution in [0.1, 0.15) is 33.5 Å². The molecule has 1 atom stereocenters. The lowest BCUT2D eigenvalue weighted by Crippen LogP contribution is -2.30. The number of para-hydroxylation sites is 2. The Balaban J connectivity index is 1.68. The van der Waals surface area contributed by atoms with Crippen molar-refractivity contribution < 1.29 is 19.1 Å². The highest BCUT2D eigenvalue weighted by Crippen LogP contribution is 2.24. The van der Waals surface area contributed by atoms with E-state index in [0.717, 1.165) is 11.4 Å². The molecule has 0 fully saturated rings. The van der Waals surface area contributed by atoms with Gasteiger partial charge in [-0.3, -0.25) is 4.79 Å². The average molecular weight is 413 g/mol. The van der Waals surface area contributed by atoms with Crippen molar-refractivity contribution in [3.05, 3.63) is 69.7 Å². The highest BCUT2D eigenvalue weighted by atomic mass is 32.1. The van der Waals surface area contributed by atoms with Crippen molar-refractivity contribution in [2.24, 2.45) is 0 Å². The number of esters is 1. The van der Waals surface area contributed by atoms with E-state index < -0.39 is 18.0 Å². The number of amides is 1. The van der Waals surface area contributed by atoms with Gasteiger partial charge in [0.1, 0.15) is 5.75 Å². The summed E-state index contributed by atoms with van der Waals surface area (Å²) >= 11 is 1.67. The summed E-state index contributed by atoms with van der Waals surface area (Å²) in [6.07, 6.45) is -0.951. The Kier molecular flexibility index (Phi) is 6.39. The summed E-state index contributed by atoms with van der Waals surface area (Å²) in [5.41, 5.74) is 2.78. The number of hydrogen-bond donors (Lipinski definition) is 1. The molecule has 0 unspecified atom stereocenters. The van der Waals surface area contributed by atoms with Crippen LogP contribution in [0, 0.1) is 13.8 Å². The first-order valence-electron chi connectivity index (χ1n) is 9.24. The van der Waals surface area contributed by atoms with Gasteiger partial charge in [0.15, 0.2) is 6.10 Å². The van der Waals surface area contributed by atoms with E-state index in [0.29, 0.717) is 23.5 Å². The molecule has 29 heavy (non-hydrogen) atoms. The van der Waals surface area contributed by atoms with Crippen LogP contribution in [-0.4, -0.2) is 29.7 Å². The largest absolute Gasteiger partial charge is 0.495 e. The number of nitrogens with zero attached hydrogens (tertiary/aromatic N) is 1. The Morgan fingerprint density at radius 1 is 1.17 bits per heavy atom. The zero-order chi connectivity index (χ0) is 21.0. The topological polar surface area (TPSA) is 69.6 Å². The highest BCUT2D eigenvalue weighted by Gasteiger charge is 2.23. The SMILES string of the molecule is COc1ccccc1NC(=O)[C@@H](C)OC(=O)c1cc(C)n(Cc2cccs2)c1C. The molecule has 3 aromatic rings. The van der Waals surface area contributed by atoms with Gasteiger partial charge in [0, 0.05) is 16.3 Å². The smallest absolute Gasteiger partial charge is 0.340 e. The van der Waals surface area contributed by atoms with Crippen molar-refractivity contribution in [2.75, 3.05) is 12.4 Å². The fraction of sp³-hybridized carbons (Fsp3) is 0.273. The maximum atomic E-state index is 12.7. The normalized spacial score (nSPS) is 11.7. The predicted octanol–water partition coefficient (Wildman–Crippen LogP) is 4.41. The van der Waals surface area contributed by atoms with Gasteiger partial charge in [-0.25, -0.2) is 4.79 Å². The van der Waals surface area contributed by atoms with Gasteiger partial charge in [0.25, 0.3) is 5.91 Å². The minimum Gasteiger partial charge on any atom is -0.495 e. The number of ether oxygens (including phenoxy) is 2. The molecule has 0 saturated carbocycles. The third-order valence-electron chi connectivity index (χ3n) is 4.71. The van der Waals surface area contributed by atoms with E-state index in [1.807, 2.05) is 31.4 Å². The van der Waals surface area contributed by atoms with E-state index in [1.54, 1.807) is 42.5 Å². The second-order valence-electron chi connectivity index (χ2n) is 6.69. The van der Waals surface area contributed by atoms with Gasteiger partial charge in [0.05, 0.1) is 24.9 Å². The van der Waals surface area contributed by atoms with Crippen LogP contribution in [-0.2, 0) is 16.1 Å². The molecule has 152 valence electrons. The zero-order valence-corrected chi connectivity index (χ0v) is 17.7. The predicted molar refractivity (Wildman–Crippen MR) is 114 cm³/mol. The quantitative estimate of drug-likeness (QED) is 0.584. The lowest BCUT2D eigenvalue weighted by atomic mass is 10.2. The molecule has 1 aromatic carbocycles. The molecule has 0 aliphatic rings. The maximum absolute atomic E-state index is 12.7. The zero-order valence-electron chi connectivity index (χ0n) is 16.9. The molecule has 0 saturated heterocycles. The van der Waals surface area contributed by atoms with Crippen LogP contribution in [0.5, 0.6) is 5.75 Å². The third kappa shape index (κ3) is 4.68. The van der Waals surface area contributed by atoms with Gasteiger partial charge in [-0.1, -0.05) is 18.2 Å². The van der Waals surface area contributed by atoms with Crippen molar-refractivity contribution in [3.63, 3.8) is 0 Å². The fourth-order valence-electron chi connectivity index (χ4n) is 3.07. The van der Waals surface area contributed by atoms with Crippen LogP contribution in [0.2, 0.25) is 0 Å². The molecule has 2 aromatic heterocycles. The summed E-state index contributed by atoms with van der Waals surface area (Å²) in [5.74, 6) is -0.398. The highest BCUT2D eigenvalue weighted by molar-refractivity contribution is 7.09. The molecule has 3 rings (SSSR count). The Hall–Kier alpha value is -3.06. The van der Waals surface area contributed by atoms with Gasteiger partial charge < -0.3 is 19.4 Å². The van der Waals surface area contributed by atoms with E-state index in [9.17, 15) is 9.59 Å². The molecule has 7 heteroatoms. The van der Waals surface area contributed by atoms with Crippen molar-refractivity contribution in [1.29, 1.82) is 0 Å². The second-order valence-corrected chi connectivity index (χ2v) is 7.72. The number of aromatic nitrogens is 1. The first-order valence-corrected chi connectivity index (χ1v) is 10.1. The van der Waals surface area contributed by atoms with Crippen LogP contribution in [0.15, 0.2) is 47.8 Å². The number of carbonyl (C=O) groups excluding carboxylic acids is 2. The lowest BCUT2D eigenvalue weighted by molar-refractivity contribution is -0.123. The van der Waals surface area contributed by atoms with Crippen LogP contribution in [0.4, 0.5) is 5.69 Å². The van der Waals surface area contributed by atoms with Crippen LogP contribution in [0.25, 0.3) is 0 Å². The first-order chi connectivity index (χ1) is 13.9. The molecule has 0 aliphatic heterocycles. The lowest BCUT2D eigenvalue weighted by Gasteiger charge is -2.15. The van der Waals surface area contributed by atoms with Crippen molar-refractivity contribution in [1.82, 2.24) is 4.57 Å². The molecular formula is C22H24N2O4S. The van der Waals surface area contributed by atoms with E-state index in [1.165, 1.54) is 12.0 Å². The van der Waals surface area contributed by atoms with Gasteiger partial charge in [0.2, 0.25) is 0 Å². The van der Waals surface area contributed by atoms with Gasteiger partial charge in [-0.2, -0.15) is 0 Å². The van der Waals surface area contributed by atoms with E-state index >= 15 is 0 Å². The molecule has 1 amide bonds. The number of thiophene rings is 1. The molecule has 0 spiro atoms. The Morgan fingerprint density at radius 2 is 1.93 bits per heavy atom. The van der Waals surface area contributed by atoms with E-state index in [4.69, 9.17) is 9.47 Å². The monoisotopic (exact) mass is 412 g/mol. The van der Waals surface area contributed by atoms with E-state index in [-0.39, 0.29) is 0 Å². The van der Waals surface area contributed by atoms with Crippen LogP contribution in [0.3, 0.4) is 0 Å². The Morgan fingerprint density at radius 3 is 2.62 bits per heavy atom. The minimum atomic E-state index is -0.951. The summed E-state index contributed by atoms with van der Waals surface area (Å²) in [4.78, 5) is 26.4. The van der Waals surface area contributed by atoms with Gasteiger partial charge in [-0.15, -0.1) is 11.3 Å². The van der Waals surface area contributed by atoms with Crippen LogP contribution < -0.4 is 10.1 Å². The van der Waals surface area contributed by atoms with Gasteiger partial charge >= 0.3 is 5.97 Å². The number of anilines is 1. The molecule has 1 N–H and O–H groups in total. The van der Waals surface area contributed by atoms with Gasteiger partial charge in [-0.05, 0) is 50.4 Å². The second kappa shape index (κ2) is 8.96. The minimum absolute atomic E-state index is 0.421.